The first-order chi connectivity index (χ1) is 19.0. The van der Waals surface area contributed by atoms with Crippen molar-refractivity contribution in [3.8, 4) is 0 Å². The van der Waals surface area contributed by atoms with Gasteiger partial charge in [-0.2, -0.15) is 0 Å². The van der Waals surface area contributed by atoms with E-state index in [1.807, 2.05) is 41.5 Å². The number of hydrogen-bond donors (Lipinski definition) is 0. The predicted molar refractivity (Wildman–Crippen MR) is 153 cm³/mol. The van der Waals surface area contributed by atoms with Crippen molar-refractivity contribution < 1.29 is 27.8 Å². The van der Waals surface area contributed by atoms with E-state index in [2.05, 4.69) is 21.7 Å². The summed E-state index contributed by atoms with van der Waals surface area (Å²) in [5, 5.41) is 0. The number of pyridine rings is 1. The molecule has 11 heteroatoms. The molecule has 2 amide bonds. The minimum Gasteiger partial charge on any atom is -0.444 e. The van der Waals surface area contributed by atoms with E-state index in [1.165, 1.54) is 12.3 Å². The van der Waals surface area contributed by atoms with E-state index >= 15 is 0 Å². The number of rotatable bonds is 6. The molecule has 0 aromatic carbocycles. The maximum atomic E-state index is 14.2. The van der Waals surface area contributed by atoms with Crippen molar-refractivity contribution in [2.45, 2.75) is 96.9 Å². The van der Waals surface area contributed by atoms with Gasteiger partial charge in [0.15, 0.2) is 0 Å². The average Bonchev–Trinajstić information content (AvgIpc) is 3.14. The zero-order valence-electron chi connectivity index (χ0n) is 25.9. The minimum absolute atomic E-state index is 0.112. The fourth-order valence-electron chi connectivity index (χ4n) is 6.09. The van der Waals surface area contributed by atoms with Crippen molar-refractivity contribution in [3.63, 3.8) is 0 Å². The topological polar surface area (TPSA) is 78.5 Å². The van der Waals surface area contributed by atoms with E-state index in [9.17, 15) is 18.4 Å². The minimum atomic E-state index is -3.06. The third-order valence-corrected chi connectivity index (χ3v) is 8.35. The molecule has 2 saturated heterocycles. The molecule has 4 heterocycles. The first kappa shape index (κ1) is 31.6. The summed E-state index contributed by atoms with van der Waals surface area (Å²) < 4.78 is 39.8. The number of anilines is 1. The van der Waals surface area contributed by atoms with Gasteiger partial charge >= 0.3 is 6.09 Å². The van der Waals surface area contributed by atoms with Crippen molar-refractivity contribution in [1.82, 2.24) is 19.7 Å². The highest BCUT2D eigenvalue weighted by Crippen LogP contribution is 2.41. The normalized spacial score (nSPS) is 25.8. The Labute approximate surface area is 243 Å². The van der Waals surface area contributed by atoms with E-state index in [0.29, 0.717) is 50.8 Å². The Kier molecular flexibility index (Phi) is 9.02. The summed E-state index contributed by atoms with van der Waals surface area (Å²) in [7, 11) is 0. The lowest BCUT2D eigenvalue weighted by Gasteiger charge is -2.48. The number of nitrogens with zero attached hydrogens (tertiary/aromatic N) is 5. The molecule has 0 bridgehead atoms. The van der Waals surface area contributed by atoms with Crippen LogP contribution >= 0.6 is 0 Å². The highest BCUT2D eigenvalue weighted by Gasteiger charge is 2.43. The molecule has 230 valence electrons. The van der Waals surface area contributed by atoms with Crippen LogP contribution in [-0.2, 0) is 25.6 Å². The summed E-state index contributed by atoms with van der Waals surface area (Å²) in [6.45, 7) is 18.6. The van der Waals surface area contributed by atoms with Gasteiger partial charge in [-0.3, -0.25) is 19.6 Å². The van der Waals surface area contributed by atoms with E-state index < -0.39 is 16.9 Å². The molecule has 4 rings (SSSR count). The van der Waals surface area contributed by atoms with Gasteiger partial charge in [0.2, 0.25) is 5.91 Å². The standard InChI is InChI=1S/C30H47F2N5O4/c1-9-22-18-40-11-10-34(22)15-23-16-36(27(39)41-28(3,4)5)20(2)14-35(23)17-25(38)37-19-29(6,7)26-24(37)12-21(13-33-26)30(8,31)32/h12-13,20,22-23H,9-11,14-19H2,1-8H3/t20-,22-,23+/m1/s1. The molecule has 0 N–H and O–H groups in total. The largest absolute Gasteiger partial charge is 0.444 e. The Hall–Kier alpha value is -2.37. The smallest absolute Gasteiger partial charge is 0.410 e. The summed E-state index contributed by atoms with van der Waals surface area (Å²) in [5.74, 6) is -3.22. The highest BCUT2D eigenvalue weighted by molar-refractivity contribution is 5.97. The summed E-state index contributed by atoms with van der Waals surface area (Å²) >= 11 is 0. The van der Waals surface area contributed by atoms with Crippen LogP contribution in [0.3, 0.4) is 0 Å². The number of hydrogen-bond acceptors (Lipinski definition) is 7. The molecule has 1 aromatic heterocycles. The van der Waals surface area contributed by atoms with Crippen molar-refractivity contribution in [2.75, 3.05) is 57.4 Å². The van der Waals surface area contributed by atoms with Gasteiger partial charge in [-0.15, -0.1) is 0 Å². The Morgan fingerprint density at radius 3 is 2.49 bits per heavy atom. The van der Waals surface area contributed by atoms with Gasteiger partial charge < -0.3 is 19.3 Å². The number of ether oxygens (including phenoxy) is 2. The molecule has 3 aliphatic rings. The molecule has 0 saturated carbocycles. The molecule has 1 aromatic rings. The molecular weight excluding hydrogens is 532 g/mol. The molecular formula is C30H47F2N5O4. The molecule has 0 unspecified atom stereocenters. The number of carbonyl (C=O) groups is 2. The monoisotopic (exact) mass is 579 g/mol. The average molecular weight is 580 g/mol. The van der Waals surface area contributed by atoms with Crippen molar-refractivity contribution in [3.05, 3.63) is 23.5 Å². The second-order valence-electron chi connectivity index (χ2n) is 13.5. The highest BCUT2D eigenvalue weighted by atomic mass is 19.3. The van der Waals surface area contributed by atoms with Crippen LogP contribution in [0.2, 0.25) is 0 Å². The van der Waals surface area contributed by atoms with Crippen molar-refractivity contribution in [2.24, 2.45) is 0 Å². The van der Waals surface area contributed by atoms with E-state index in [1.54, 1.807) is 9.80 Å². The Morgan fingerprint density at radius 1 is 1.15 bits per heavy atom. The van der Waals surface area contributed by atoms with Gasteiger partial charge in [0.1, 0.15) is 5.60 Å². The maximum Gasteiger partial charge on any atom is 0.410 e. The molecule has 0 aliphatic carbocycles. The zero-order chi connectivity index (χ0) is 30.3. The fourth-order valence-corrected chi connectivity index (χ4v) is 6.09. The molecule has 0 radical (unpaired) electrons. The van der Waals surface area contributed by atoms with Crippen LogP contribution in [0.15, 0.2) is 12.3 Å². The molecule has 3 aliphatic heterocycles. The quantitative estimate of drug-likeness (QED) is 0.499. The molecule has 2 fully saturated rings. The third-order valence-electron chi connectivity index (χ3n) is 8.35. The number of fused-ring (bicyclic) bond motifs is 1. The molecule has 0 spiro atoms. The van der Waals surface area contributed by atoms with Crippen LogP contribution in [-0.4, -0.2) is 108 Å². The Bertz CT molecular complexity index is 1120. The number of amides is 2. The third kappa shape index (κ3) is 7.17. The van der Waals surface area contributed by atoms with Gasteiger partial charge in [-0.25, -0.2) is 13.6 Å². The van der Waals surface area contributed by atoms with Crippen molar-refractivity contribution in [1.29, 1.82) is 0 Å². The summed E-state index contributed by atoms with van der Waals surface area (Å²) in [4.78, 5) is 39.4. The van der Waals surface area contributed by atoms with Gasteiger partial charge in [0.05, 0.1) is 31.1 Å². The molecule has 9 nitrogen and oxygen atoms in total. The van der Waals surface area contributed by atoms with Crippen molar-refractivity contribution >= 4 is 17.7 Å². The van der Waals surface area contributed by atoms with Crippen LogP contribution in [0.4, 0.5) is 19.3 Å². The lowest BCUT2D eigenvalue weighted by Crippen LogP contribution is -2.64. The van der Waals surface area contributed by atoms with Gasteiger partial charge in [-0.1, -0.05) is 20.8 Å². The number of carbonyl (C=O) groups excluding carboxylic acids is 2. The maximum absolute atomic E-state index is 14.2. The summed E-state index contributed by atoms with van der Waals surface area (Å²) in [6.07, 6.45) is 1.80. The van der Waals surface area contributed by atoms with Gasteiger partial charge in [0.25, 0.3) is 5.92 Å². The number of halogens is 2. The second kappa shape index (κ2) is 11.7. The lowest BCUT2D eigenvalue weighted by molar-refractivity contribution is -0.122. The first-order valence-electron chi connectivity index (χ1n) is 14.7. The predicted octanol–water partition coefficient (Wildman–Crippen LogP) is 4.24. The Balaban J connectivity index is 1.58. The van der Waals surface area contributed by atoms with Crippen LogP contribution in [0.25, 0.3) is 0 Å². The van der Waals surface area contributed by atoms with Gasteiger partial charge in [0, 0.05) is 74.9 Å². The SMILES string of the molecule is CC[C@@H]1COCCN1C[C@H]1CN(C(=O)OC(C)(C)C)[C@H](C)CN1CC(=O)N1CC(C)(C)c2ncc(C(C)(F)F)cc21. The van der Waals surface area contributed by atoms with Crippen LogP contribution < -0.4 is 4.90 Å². The lowest BCUT2D eigenvalue weighted by atomic mass is 9.91. The van der Waals surface area contributed by atoms with Gasteiger partial charge in [-0.05, 0) is 40.2 Å². The summed E-state index contributed by atoms with van der Waals surface area (Å²) in [5.41, 5.74) is -0.179. The number of aromatic nitrogens is 1. The fraction of sp³-hybridized carbons (Fsp3) is 0.767. The van der Waals surface area contributed by atoms with E-state index in [4.69, 9.17) is 9.47 Å². The summed E-state index contributed by atoms with van der Waals surface area (Å²) in [6, 6.07) is 1.39. The number of piperazine rings is 1. The van der Waals surface area contributed by atoms with Crippen LogP contribution in [0.5, 0.6) is 0 Å². The Morgan fingerprint density at radius 2 is 1.85 bits per heavy atom. The van der Waals surface area contributed by atoms with E-state index in [0.717, 1.165) is 19.9 Å². The van der Waals surface area contributed by atoms with Crippen LogP contribution in [0, 0.1) is 0 Å². The number of alkyl halides is 2. The number of morpholine rings is 1. The van der Waals surface area contributed by atoms with Crippen LogP contribution in [0.1, 0.15) is 73.1 Å². The second-order valence-corrected chi connectivity index (χ2v) is 13.5. The molecule has 3 atom stereocenters. The first-order valence-corrected chi connectivity index (χ1v) is 14.7. The van der Waals surface area contributed by atoms with E-state index in [-0.39, 0.29) is 42.2 Å². The molecule has 41 heavy (non-hydrogen) atoms. The zero-order valence-corrected chi connectivity index (χ0v) is 25.9.